The van der Waals surface area contributed by atoms with Gasteiger partial charge in [0.15, 0.2) is 5.82 Å². The van der Waals surface area contributed by atoms with Crippen LogP contribution >= 0.6 is 0 Å². The van der Waals surface area contributed by atoms with E-state index in [-0.39, 0.29) is 0 Å². The van der Waals surface area contributed by atoms with Crippen LogP contribution in [0.3, 0.4) is 0 Å². The first-order chi connectivity index (χ1) is 9.35. The lowest BCUT2D eigenvalue weighted by Crippen LogP contribution is -2.24. The predicted molar refractivity (Wildman–Crippen MR) is 73.3 cm³/mol. The van der Waals surface area contributed by atoms with Gasteiger partial charge in [0, 0.05) is 12.5 Å². The third kappa shape index (κ3) is 2.81. The summed E-state index contributed by atoms with van der Waals surface area (Å²) in [4.78, 5) is 1.61. The minimum Gasteiger partial charge on any atom is -0.314 e. The molecule has 1 fully saturated rings. The van der Waals surface area contributed by atoms with E-state index >= 15 is 0 Å². The SMILES string of the molecule is CCc1ccc(-n2nnc(CC3CCCN3)n2)cc1. The Morgan fingerprint density at radius 2 is 2.16 bits per heavy atom. The van der Waals surface area contributed by atoms with Crippen LogP contribution in [0.1, 0.15) is 31.2 Å². The zero-order chi connectivity index (χ0) is 13.1. The van der Waals surface area contributed by atoms with Crippen LogP contribution in [0.25, 0.3) is 5.69 Å². The number of nitrogens with one attached hydrogen (secondary N) is 1. The van der Waals surface area contributed by atoms with Crippen LogP contribution in [0.15, 0.2) is 24.3 Å². The molecular weight excluding hydrogens is 238 g/mol. The van der Waals surface area contributed by atoms with Crippen molar-refractivity contribution in [3.8, 4) is 5.69 Å². The van der Waals surface area contributed by atoms with Gasteiger partial charge in [0.05, 0.1) is 5.69 Å². The highest BCUT2D eigenvalue weighted by molar-refractivity contribution is 5.32. The third-order valence-electron chi connectivity index (χ3n) is 3.62. The molecule has 2 aromatic rings. The predicted octanol–water partition coefficient (Wildman–Crippen LogP) is 1.52. The topological polar surface area (TPSA) is 55.6 Å². The Morgan fingerprint density at radius 1 is 1.32 bits per heavy atom. The number of benzene rings is 1. The first-order valence-electron chi connectivity index (χ1n) is 6.97. The van der Waals surface area contributed by atoms with Gasteiger partial charge in [-0.3, -0.25) is 0 Å². The van der Waals surface area contributed by atoms with Crippen LogP contribution in [0, 0.1) is 0 Å². The average Bonchev–Trinajstić information content (AvgIpc) is 3.11. The molecule has 1 aliphatic rings. The van der Waals surface area contributed by atoms with E-state index in [1.54, 1.807) is 4.80 Å². The van der Waals surface area contributed by atoms with Gasteiger partial charge in [-0.1, -0.05) is 19.1 Å². The highest BCUT2D eigenvalue weighted by atomic mass is 15.6. The molecule has 0 amide bonds. The monoisotopic (exact) mass is 257 g/mol. The standard InChI is InChI=1S/C14H19N5/c1-2-11-5-7-13(8-6-11)19-17-14(16-18-19)10-12-4-3-9-15-12/h5-8,12,15H,2-4,9-10H2,1H3. The maximum atomic E-state index is 4.45. The van der Waals surface area contributed by atoms with Crippen LogP contribution in [0.5, 0.6) is 0 Å². The summed E-state index contributed by atoms with van der Waals surface area (Å²) >= 11 is 0. The van der Waals surface area contributed by atoms with Crippen LogP contribution in [-0.4, -0.2) is 32.8 Å². The van der Waals surface area contributed by atoms with Gasteiger partial charge in [-0.15, -0.1) is 15.0 Å². The molecule has 1 saturated heterocycles. The fraction of sp³-hybridized carbons (Fsp3) is 0.500. The van der Waals surface area contributed by atoms with Crippen molar-refractivity contribution in [1.29, 1.82) is 0 Å². The van der Waals surface area contributed by atoms with Crippen molar-refractivity contribution in [1.82, 2.24) is 25.5 Å². The molecule has 0 aliphatic carbocycles. The number of hydrogen-bond acceptors (Lipinski definition) is 4. The van der Waals surface area contributed by atoms with Crippen LogP contribution in [0.4, 0.5) is 0 Å². The molecule has 1 N–H and O–H groups in total. The zero-order valence-corrected chi connectivity index (χ0v) is 11.2. The van der Waals surface area contributed by atoms with Gasteiger partial charge in [-0.05, 0) is 48.7 Å². The van der Waals surface area contributed by atoms with E-state index in [9.17, 15) is 0 Å². The van der Waals surface area contributed by atoms with Gasteiger partial charge in [0.2, 0.25) is 0 Å². The Hall–Kier alpha value is -1.75. The van der Waals surface area contributed by atoms with Crippen LogP contribution < -0.4 is 5.32 Å². The lowest BCUT2D eigenvalue weighted by Gasteiger charge is -2.05. The summed E-state index contributed by atoms with van der Waals surface area (Å²) < 4.78 is 0. The fourth-order valence-corrected chi connectivity index (χ4v) is 2.45. The Balaban J connectivity index is 1.72. The highest BCUT2D eigenvalue weighted by Gasteiger charge is 2.17. The number of tetrazole rings is 1. The van der Waals surface area contributed by atoms with E-state index in [4.69, 9.17) is 0 Å². The summed E-state index contributed by atoms with van der Waals surface area (Å²) in [5.41, 5.74) is 2.29. The summed E-state index contributed by atoms with van der Waals surface area (Å²) in [5.74, 6) is 0.818. The second-order valence-corrected chi connectivity index (χ2v) is 5.01. The minimum absolute atomic E-state index is 0.514. The molecule has 1 unspecified atom stereocenters. The Bertz CT molecular complexity index is 525. The molecule has 0 bridgehead atoms. The molecule has 5 nitrogen and oxygen atoms in total. The minimum atomic E-state index is 0.514. The number of rotatable bonds is 4. The molecular formula is C14H19N5. The summed E-state index contributed by atoms with van der Waals surface area (Å²) in [6.45, 7) is 3.26. The van der Waals surface area contributed by atoms with Crippen molar-refractivity contribution in [3.63, 3.8) is 0 Å². The summed E-state index contributed by atoms with van der Waals surface area (Å²) in [5, 5.41) is 16.2. The maximum Gasteiger partial charge on any atom is 0.176 e. The molecule has 1 aromatic carbocycles. The Labute approximate surface area is 113 Å². The van der Waals surface area contributed by atoms with Crippen molar-refractivity contribution >= 4 is 0 Å². The second kappa shape index (κ2) is 5.48. The number of nitrogens with zero attached hydrogens (tertiary/aromatic N) is 4. The first-order valence-corrected chi connectivity index (χ1v) is 6.97. The van der Waals surface area contributed by atoms with Crippen molar-refractivity contribution < 1.29 is 0 Å². The Kier molecular flexibility index (Phi) is 3.55. The first kappa shape index (κ1) is 12.3. The van der Waals surface area contributed by atoms with Crippen LogP contribution in [0.2, 0.25) is 0 Å². The molecule has 1 aromatic heterocycles. The molecule has 0 saturated carbocycles. The molecule has 2 heterocycles. The van der Waals surface area contributed by atoms with E-state index in [1.165, 1.54) is 18.4 Å². The molecule has 1 atom stereocenters. The summed E-state index contributed by atoms with van der Waals surface area (Å²) in [6, 6.07) is 8.81. The van der Waals surface area contributed by atoms with Crippen molar-refractivity contribution in [2.24, 2.45) is 0 Å². The van der Waals surface area contributed by atoms with E-state index < -0.39 is 0 Å². The molecule has 0 spiro atoms. The van der Waals surface area contributed by atoms with E-state index in [0.29, 0.717) is 6.04 Å². The lowest BCUT2D eigenvalue weighted by molar-refractivity contribution is 0.584. The summed E-state index contributed by atoms with van der Waals surface area (Å²) in [6.07, 6.45) is 4.37. The van der Waals surface area contributed by atoms with Crippen molar-refractivity contribution in [2.75, 3.05) is 6.54 Å². The molecule has 5 heteroatoms. The van der Waals surface area contributed by atoms with E-state index in [0.717, 1.165) is 30.9 Å². The van der Waals surface area contributed by atoms with Gasteiger partial charge in [0.25, 0.3) is 0 Å². The van der Waals surface area contributed by atoms with Gasteiger partial charge < -0.3 is 5.32 Å². The van der Waals surface area contributed by atoms with Crippen LogP contribution in [-0.2, 0) is 12.8 Å². The number of aryl methyl sites for hydroxylation is 1. The molecule has 100 valence electrons. The number of hydrogen-bond donors (Lipinski definition) is 1. The van der Waals surface area contributed by atoms with Crippen molar-refractivity contribution in [2.45, 2.75) is 38.6 Å². The highest BCUT2D eigenvalue weighted by Crippen LogP contribution is 2.11. The normalized spacial score (nSPS) is 18.9. The Morgan fingerprint density at radius 3 is 2.84 bits per heavy atom. The lowest BCUT2D eigenvalue weighted by atomic mass is 10.1. The quantitative estimate of drug-likeness (QED) is 0.902. The molecule has 3 rings (SSSR count). The van der Waals surface area contributed by atoms with E-state index in [2.05, 4.69) is 39.8 Å². The molecule has 1 aliphatic heterocycles. The smallest absolute Gasteiger partial charge is 0.176 e. The molecule has 19 heavy (non-hydrogen) atoms. The second-order valence-electron chi connectivity index (χ2n) is 5.01. The average molecular weight is 257 g/mol. The number of aromatic nitrogens is 4. The van der Waals surface area contributed by atoms with Crippen molar-refractivity contribution in [3.05, 3.63) is 35.7 Å². The largest absolute Gasteiger partial charge is 0.314 e. The van der Waals surface area contributed by atoms with Gasteiger partial charge in [-0.25, -0.2) is 0 Å². The molecule has 0 radical (unpaired) electrons. The van der Waals surface area contributed by atoms with Gasteiger partial charge >= 0.3 is 0 Å². The van der Waals surface area contributed by atoms with Gasteiger partial charge in [0.1, 0.15) is 0 Å². The summed E-state index contributed by atoms with van der Waals surface area (Å²) in [7, 11) is 0. The third-order valence-corrected chi connectivity index (χ3v) is 3.62. The fourth-order valence-electron chi connectivity index (χ4n) is 2.45. The maximum absolute atomic E-state index is 4.45. The van der Waals surface area contributed by atoms with Gasteiger partial charge in [-0.2, -0.15) is 0 Å². The van der Waals surface area contributed by atoms with E-state index in [1.807, 2.05) is 12.1 Å². The zero-order valence-electron chi connectivity index (χ0n) is 11.2.